The van der Waals surface area contributed by atoms with Gasteiger partial charge in [-0.3, -0.25) is 4.79 Å². The molecule has 0 heterocycles. The molecule has 27 heavy (non-hydrogen) atoms. The van der Waals surface area contributed by atoms with E-state index in [-0.39, 0.29) is 16.3 Å². The number of carbonyl (C=O) groups is 2. The van der Waals surface area contributed by atoms with Gasteiger partial charge >= 0.3 is 5.97 Å². The van der Waals surface area contributed by atoms with E-state index in [1.807, 2.05) is 0 Å². The molecule has 2 aromatic carbocycles. The third kappa shape index (κ3) is 4.83. The molecular weight excluding hydrogens is 374 g/mol. The van der Waals surface area contributed by atoms with Crippen molar-refractivity contribution in [3.8, 4) is 17.2 Å². The summed E-state index contributed by atoms with van der Waals surface area (Å²) in [4.78, 5) is 24.2. The predicted molar refractivity (Wildman–Crippen MR) is 100 cm³/mol. The van der Waals surface area contributed by atoms with Gasteiger partial charge in [-0.15, -0.1) is 0 Å². The van der Waals surface area contributed by atoms with Crippen molar-refractivity contribution in [2.24, 2.45) is 0 Å². The molecular formula is C19H20ClNO6. The van der Waals surface area contributed by atoms with Crippen LogP contribution in [0.15, 0.2) is 36.4 Å². The SMILES string of the molecule is CCOc1c(Cl)cc(C(=O)NC(C(=O)O)c2ccc(OC)cc2)cc1OC. The first kappa shape index (κ1) is 20.4. The smallest absolute Gasteiger partial charge is 0.330 e. The maximum Gasteiger partial charge on any atom is 0.330 e. The molecule has 1 unspecified atom stereocenters. The van der Waals surface area contributed by atoms with Crippen molar-refractivity contribution in [2.45, 2.75) is 13.0 Å². The third-order valence-corrected chi connectivity index (χ3v) is 4.03. The molecule has 7 nitrogen and oxygen atoms in total. The summed E-state index contributed by atoms with van der Waals surface area (Å²) in [5.41, 5.74) is 0.556. The van der Waals surface area contributed by atoms with E-state index in [1.165, 1.54) is 26.4 Å². The van der Waals surface area contributed by atoms with Crippen molar-refractivity contribution in [1.82, 2.24) is 5.32 Å². The number of hydrogen-bond donors (Lipinski definition) is 2. The van der Waals surface area contributed by atoms with E-state index in [0.717, 1.165) is 0 Å². The molecule has 2 rings (SSSR count). The minimum absolute atomic E-state index is 0.153. The maximum absolute atomic E-state index is 12.6. The summed E-state index contributed by atoms with van der Waals surface area (Å²) >= 11 is 6.17. The number of ether oxygens (including phenoxy) is 3. The molecule has 0 radical (unpaired) electrons. The van der Waals surface area contributed by atoms with Gasteiger partial charge in [-0.2, -0.15) is 0 Å². The maximum atomic E-state index is 12.6. The van der Waals surface area contributed by atoms with Crippen molar-refractivity contribution in [2.75, 3.05) is 20.8 Å². The Morgan fingerprint density at radius 1 is 1.15 bits per heavy atom. The fourth-order valence-corrected chi connectivity index (χ4v) is 2.70. The zero-order valence-electron chi connectivity index (χ0n) is 15.1. The van der Waals surface area contributed by atoms with E-state index in [2.05, 4.69) is 5.32 Å². The van der Waals surface area contributed by atoms with E-state index < -0.39 is 17.9 Å². The molecule has 2 N–H and O–H groups in total. The number of carboxylic acid groups (broad SMARTS) is 1. The van der Waals surface area contributed by atoms with Crippen molar-refractivity contribution in [3.63, 3.8) is 0 Å². The molecule has 0 aliphatic carbocycles. The first-order chi connectivity index (χ1) is 12.9. The number of aliphatic carboxylic acids is 1. The normalized spacial score (nSPS) is 11.4. The highest BCUT2D eigenvalue weighted by atomic mass is 35.5. The zero-order valence-corrected chi connectivity index (χ0v) is 15.9. The Balaban J connectivity index is 2.29. The molecule has 1 atom stereocenters. The van der Waals surface area contributed by atoms with Crippen molar-refractivity contribution >= 4 is 23.5 Å². The molecule has 0 aliphatic rings. The van der Waals surface area contributed by atoms with E-state index in [1.54, 1.807) is 31.2 Å². The van der Waals surface area contributed by atoms with Crippen LogP contribution >= 0.6 is 11.6 Å². The van der Waals surface area contributed by atoms with Crippen molar-refractivity contribution < 1.29 is 28.9 Å². The highest BCUT2D eigenvalue weighted by Gasteiger charge is 2.24. The number of methoxy groups -OCH3 is 2. The second kappa shape index (κ2) is 9.14. The number of hydrogen-bond acceptors (Lipinski definition) is 5. The lowest BCUT2D eigenvalue weighted by atomic mass is 10.1. The number of halogens is 1. The van der Waals surface area contributed by atoms with Gasteiger partial charge in [0.25, 0.3) is 5.91 Å². The molecule has 0 aromatic heterocycles. The Labute approximate surface area is 161 Å². The summed E-state index contributed by atoms with van der Waals surface area (Å²) in [5, 5.41) is 12.2. The number of carbonyl (C=O) groups excluding carboxylic acids is 1. The number of rotatable bonds is 8. The summed E-state index contributed by atoms with van der Waals surface area (Å²) in [6, 6.07) is 7.99. The highest BCUT2D eigenvalue weighted by Crippen LogP contribution is 2.36. The molecule has 8 heteroatoms. The van der Waals surface area contributed by atoms with E-state index in [9.17, 15) is 14.7 Å². The van der Waals surface area contributed by atoms with Crippen LogP contribution in [0.3, 0.4) is 0 Å². The van der Waals surface area contributed by atoms with Crippen molar-refractivity contribution in [1.29, 1.82) is 0 Å². The Morgan fingerprint density at radius 3 is 2.33 bits per heavy atom. The van der Waals surface area contributed by atoms with Crippen LogP contribution in [0.1, 0.15) is 28.9 Å². The molecule has 0 spiro atoms. The predicted octanol–water partition coefficient (Wildman–Crippen LogP) is 3.31. The summed E-state index contributed by atoms with van der Waals surface area (Å²) in [6.45, 7) is 2.17. The molecule has 0 saturated heterocycles. The average Bonchev–Trinajstić information content (AvgIpc) is 2.67. The van der Waals surface area contributed by atoms with Gasteiger partial charge in [0.1, 0.15) is 5.75 Å². The fraction of sp³-hybridized carbons (Fsp3) is 0.263. The molecule has 0 aliphatic heterocycles. The molecule has 0 bridgehead atoms. The van der Waals surface area contributed by atoms with Crippen LogP contribution in [0.4, 0.5) is 0 Å². The molecule has 1 amide bonds. The lowest BCUT2D eigenvalue weighted by molar-refractivity contribution is -0.139. The number of nitrogens with one attached hydrogen (secondary N) is 1. The quantitative estimate of drug-likeness (QED) is 0.714. The first-order valence-electron chi connectivity index (χ1n) is 8.09. The lowest BCUT2D eigenvalue weighted by Gasteiger charge is -2.17. The lowest BCUT2D eigenvalue weighted by Crippen LogP contribution is -2.33. The van der Waals surface area contributed by atoms with Crippen LogP contribution in [0.25, 0.3) is 0 Å². The Kier molecular flexibility index (Phi) is 6.90. The minimum atomic E-state index is -1.24. The minimum Gasteiger partial charge on any atom is -0.497 e. The summed E-state index contributed by atoms with van der Waals surface area (Å²) < 4.78 is 15.7. The Hall–Kier alpha value is -2.93. The van der Waals surface area contributed by atoms with E-state index in [4.69, 9.17) is 25.8 Å². The van der Waals surface area contributed by atoms with Crippen LogP contribution in [0.5, 0.6) is 17.2 Å². The molecule has 0 saturated carbocycles. The van der Waals surface area contributed by atoms with Gasteiger partial charge in [0.15, 0.2) is 17.5 Å². The largest absolute Gasteiger partial charge is 0.497 e. The van der Waals surface area contributed by atoms with Gasteiger partial charge in [0.2, 0.25) is 0 Å². The number of benzene rings is 2. The van der Waals surface area contributed by atoms with Gasteiger partial charge < -0.3 is 24.6 Å². The van der Waals surface area contributed by atoms with Crippen LogP contribution in [0.2, 0.25) is 5.02 Å². The fourth-order valence-electron chi connectivity index (χ4n) is 2.43. The zero-order chi connectivity index (χ0) is 20.0. The van der Waals surface area contributed by atoms with Gasteiger partial charge in [-0.1, -0.05) is 23.7 Å². The van der Waals surface area contributed by atoms with E-state index >= 15 is 0 Å². The van der Waals surface area contributed by atoms with Gasteiger partial charge in [-0.05, 0) is 36.8 Å². The highest BCUT2D eigenvalue weighted by molar-refractivity contribution is 6.32. The topological polar surface area (TPSA) is 94.1 Å². The third-order valence-electron chi connectivity index (χ3n) is 3.75. The number of amides is 1. The van der Waals surface area contributed by atoms with Crippen molar-refractivity contribution in [3.05, 3.63) is 52.5 Å². The average molecular weight is 394 g/mol. The van der Waals surface area contributed by atoms with Crippen LogP contribution in [-0.4, -0.2) is 37.8 Å². The van der Waals surface area contributed by atoms with Crippen LogP contribution in [0, 0.1) is 0 Å². The molecule has 144 valence electrons. The van der Waals surface area contributed by atoms with E-state index in [0.29, 0.717) is 23.7 Å². The first-order valence-corrected chi connectivity index (χ1v) is 8.47. The Bertz CT molecular complexity index is 822. The standard InChI is InChI=1S/C19H20ClNO6/c1-4-27-17-14(20)9-12(10-15(17)26-3)18(22)21-16(19(23)24)11-5-7-13(25-2)8-6-11/h5-10,16H,4H2,1-3H3,(H,21,22)(H,23,24). The molecule has 0 fully saturated rings. The van der Waals surface area contributed by atoms with Crippen LogP contribution < -0.4 is 19.5 Å². The van der Waals surface area contributed by atoms with Gasteiger partial charge in [0, 0.05) is 5.56 Å². The second-order valence-electron chi connectivity index (χ2n) is 5.44. The van der Waals surface area contributed by atoms with Gasteiger partial charge in [0.05, 0.1) is 25.8 Å². The monoisotopic (exact) mass is 393 g/mol. The summed E-state index contributed by atoms with van der Waals surface area (Å²) in [5.74, 6) is -0.620. The second-order valence-corrected chi connectivity index (χ2v) is 5.85. The molecule has 2 aromatic rings. The van der Waals surface area contributed by atoms with Crippen LogP contribution in [-0.2, 0) is 4.79 Å². The van der Waals surface area contributed by atoms with Gasteiger partial charge in [-0.25, -0.2) is 4.79 Å². The summed E-state index contributed by atoms with van der Waals surface area (Å²) in [6.07, 6.45) is 0. The number of carboxylic acids is 1. The summed E-state index contributed by atoms with van der Waals surface area (Å²) in [7, 11) is 2.93. The Morgan fingerprint density at radius 2 is 1.81 bits per heavy atom.